The molecular formula is C24H22. The number of rotatable bonds is 2. The summed E-state index contributed by atoms with van der Waals surface area (Å²) in [5, 5.41) is 0. The molecule has 24 heavy (non-hydrogen) atoms. The smallest absolute Gasteiger partial charge is 0.0159 e. The second-order valence-electron chi connectivity index (χ2n) is 7.22. The van der Waals surface area contributed by atoms with Crippen LogP contribution in [0.15, 0.2) is 66.7 Å². The molecule has 0 bridgehead atoms. The fourth-order valence-electron chi connectivity index (χ4n) is 3.73. The standard InChI is InChI=1S/C24H22/c1-17-9-13-20-21-14-12-19(11-10-18-7-5-4-6-8-18)16-23(21)24(2,3)22(20)15-17/h4-16H,1-3H3/b11-10+. The van der Waals surface area contributed by atoms with Gasteiger partial charge in [-0.3, -0.25) is 0 Å². The average molecular weight is 310 g/mol. The van der Waals surface area contributed by atoms with Crippen molar-refractivity contribution in [2.45, 2.75) is 26.2 Å². The normalized spacial score (nSPS) is 14.6. The number of benzene rings is 3. The SMILES string of the molecule is Cc1ccc2c(c1)C(C)(C)c1cc(/C=C/c3ccccc3)ccc1-2. The molecule has 0 heterocycles. The fraction of sp³-hybridized carbons (Fsp3) is 0.167. The molecule has 118 valence electrons. The Bertz CT molecular complexity index is 928. The van der Waals surface area contributed by atoms with Gasteiger partial charge in [-0.1, -0.05) is 98.3 Å². The summed E-state index contributed by atoms with van der Waals surface area (Å²) in [7, 11) is 0. The van der Waals surface area contributed by atoms with E-state index in [1.807, 2.05) is 0 Å². The first kappa shape index (κ1) is 15.0. The van der Waals surface area contributed by atoms with Crippen molar-refractivity contribution in [2.75, 3.05) is 0 Å². The van der Waals surface area contributed by atoms with Crippen LogP contribution in [0.2, 0.25) is 0 Å². The van der Waals surface area contributed by atoms with E-state index in [0.717, 1.165) is 0 Å². The lowest BCUT2D eigenvalue weighted by Crippen LogP contribution is -2.15. The molecule has 0 N–H and O–H groups in total. The topological polar surface area (TPSA) is 0 Å². The summed E-state index contributed by atoms with van der Waals surface area (Å²) in [5.74, 6) is 0. The molecule has 0 nitrogen and oxygen atoms in total. The second-order valence-corrected chi connectivity index (χ2v) is 7.22. The van der Waals surface area contributed by atoms with E-state index in [9.17, 15) is 0 Å². The summed E-state index contributed by atoms with van der Waals surface area (Å²) in [6, 6.07) is 24.2. The zero-order valence-corrected chi connectivity index (χ0v) is 14.5. The van der Waals surface area contributed by atoms with Gasteiger partial charge in [0.1, 0.15) is 0 Å². The summed E-state index contributed by atoms with van der Waals surface area (Å²) in [4.78, 5) is 0. The molecule has 0 radical (unpaired) electrons. The maximum Gasteiger partial charge on any atom is 0.0159 e. The van der Waals surface area contributed by atoms with Crippen LogP contribution in [0.4, 0.5) is 0 Å². The minimum absolute atomic E-state index is 0.0628. The number of aryl methyl sites for hydroxylation is 1. The molecule has 0 saturated carbocycles. The summed E-state index contributed by atoms with van der Waals surface area (Å²) in [6.45, 7) is 6.84. The highest BCUT2D eigenvalue weighted by molar-refractivity contribution is 5.83. The van der Waals surface area contributed by atoms with Crippen LogP contribution in [0.3, 0.4) is 0 Å². The van der Waals surface area contributed by atoms with E-state index in [0.29, 0.717) is 0 Å². The summed E-state index contributed by atoms with van der Waals surface area (Å²) < 4.78 is 0. The Kier molecular flexibility index (Phi) is 3.42. The van der Waals surface area contributed by atoms with Crippen molar-refractivity contribution in [3.8, 4) is 11.1 Å². The molecule has 0 unspecified atom stereocenters. The van der Waals surface area contributed by atoms with Crippen molar-refractivity contribution < 1.29 is 0 Å². The third-order valence-electron chi connectivity index (χ3n) is 5.12. The highest BCUT2D eigenvalue weighted by atomic mass is 14.4. The predicted molar refractivity (Wildman–Crippen MR) is 104 cm³/mol. The fourth-order valence-corrected chi connectivity index (χ4v) is 3.73. The maximum absolute atomic E-state index is 2.35. The van der Waals surface area contributed by atoms with Gasteiger partial charge in [0.15, 0.2) is 0 Å². The number of hydrogen-bond donors (Lipinski definition) is 0. The van der Waals surface area contributed by atoms with Crippen LogP contribution in [-0.2, 0) is 5.41 Å². The largest absolute Gasteiger partial charge is 0.0622 e. The Morgan fingerprint density at radius 3 is 2.04 bits per heavy atom. The van der Waals surface area contributed by atoms with Gasteiger partial charge in [-0.05, 0) is 40.3 Å². The number of fused-ring (bicyclic) bond motifs is 3. The van der Waals surface area contributed by atoms with Gasteiger partial charge in [0.05, 0.1) is 0 Å². The molecule has 1 aliphatic rings. The van der Waals surface area contributed by atoms with Crippen LogP contribution in [0.1, 0.15) is 41.7 Å². The van der Waals surface area contributed by atoms with Gasteiger partial charge in [-0.25, -0.2) is 0 Å². The van der Waals surface area contributed by atoms with Crippen molar-refractivity contribution in [1.29, 1.82) is 0 Å². The molecule has 0 amide bonds. The van der Waals surface area contributed by atoms with Crippen LogP contribution in [0, 0.1) is 6.92 Å². The Labute approximate surface area is 144 Å². The Morgan fingerprint density at radius 1 is 0.667 bits per heavy atom. The monoisotopic (exact) mass is 310 g/mol. The highest BCUT2D eigenvalue weighted by Crippen LogP contribution is 2.49. The third-order valence-corrected chi connectivity index (χ3v) is 5.12. The minimum Gasteiger partial charge on any atom is -0.0622 e. The molecule has 0 aliphatic heterocycles. The van der Waals surface area contributed by atoms with E-state index >= 15 is 0 Å². The lowest BCUT2D eigenvalue weighted by molar-refractivity contribution is 0.659. The van der Waals surface area contributed by atoms with Crippen LogP contribution in [-0.4, -0.2) is 0 Å². The molecule has 3 aromatic rings. The van der Waals surface area contributed by atoms with Gasteiger partial charge in [0.2, 0.25) is 0 Å². The third kappa shape index (κ3) is 2.39. The van der Waals surface area contributed by atoms with Gasteiger partial charge in [0, 0.05) is 5.41 Å². The molecule has 0 heteroatoms. The zero-order valence-electron chi connectivity index (χ0n) is 14.5. The Hall–Kier alpha value is -2.60. The highest BCUT2D eigenvalue weighted by Gasteiger charge is 2.35. The molecule has 1 aliphatic carbocycles. The van der Waals surface area contributed by atoms with Gasteiger partial charge >= 0.3 is 0 Å². The van der Waals surface area contributed by atoms with Crippen LogP contribution >= 0.6 is 0 Å². The van der Waals surface area contributed by atoms with E-state index in [2.05, 4.69) is 99.7 Å². The molecule has 0 spiro atoms. The summed E-state index contributed by atoms with van der Waals surface area (Å²) in [5.41, 5.74) is 9.53. The number of hydrogen-bond acceptors (Lipinski definition) is 0. The zero-order chi connectivity index (χ0) is 16.7. The van der Waals surface area contributed by atoms with E-state index in [-0.39, 0.29) is 5.41 Å². The van der Waals surface area contributed by atoms with Crippen LogP contribution in [0.25, 0.3) is 23.3 Å². The van der Waals surface area contributed by atoms with Crippen molar-refractivity contribution in [3.05, 3.63) is 94.5 Å². The lowest BCUT2D eigenvalue weighted by Gasteiger charge is -2.22. The van der Waals surface area contributed by atoms with Gasteiger partial charge in [-0.15, -0.1) is 0 Å². The first-order valence-electron chi connectivity index (χ1n) is 8.55. The maximum atomic E-state index is 2.35. The van der Waals surface area contributed by atoms with Gasteiger partial charge in [-0.2, -0.15) is 0 Å². The predicted octanol–water partition coefficient (Wildman–Crippen LogP) is 6.47. The van der Waals surface area contributed by atoms with E-state index < -0.39 is 0 Å². The summed E-state index contributed by atoms with van der Waals surface area (Å²) >= 11 is 0. The van der Waals surface area contributed by atoms with E-state index in [1.165, 1.54) is 38.9 Å². The second kappa shape index (κ2) is 5.49. The molecule has 0 aromatic heterocycles. The van der Waals surface area contributed by atoms with Crippen molar-refractivity contribution in [2.24, 2.45) is 0 Å². The molecule has 0 atom stereocenters. The molecule has 3 aromatic carbocycles. The molecule has 0 fully saturated rings. The van der Waals surface area contributed by atoms with E-state index in [1.54, 1.807) is 0 Å². The summed E-state index contributed by atoms with van der Waals surface area (Å²) in [6.07, 6.45) is 4.39. The minimum atomic E-state index is 0.0628. The molecular weight excluding hydrogens is 288 g/mol. The lowest BCUT2D eigenvalue weighted by atomic mass is 9.81. The van der Waals surface area contributed by atoms with E-state index in [4.69, 9.17) is 0 Å². The first-order valence-corrected chi connectivity index (χ1v) is 8.55. The van der Waals surface area contributed by atoms with Crippen molar-refractivity contribution in [1.82, 2.24) is 0 Å². The van der Waals surface area contributed by atoms with Crippen LogP contribution in [0.5, 0.6) is 0 Å². The van der Waals surface area contributed by atoms with Gasteiger partial charge in [0.25, 0.3) is 0 Å². The Morgan fingerprint density at radius 2 is 1.29 bits per heavy atom. The van der Waals surface area contributed by atoms with Crippen molar-refractivity contribution >= 4 is 12.2 Å². The van der Waals surface area contributed by atoms with Crippen LogP contribution < -0.4 is 0 Å². The average Bonchev–Trinajstić information content (AvgIpc) is 2.81. The van der Waals surface area contributed by atoms with Crippen molar-refractivity contribution in [3.63, 3.8) is 0 Å². The molecule has 0 saturated heterocycles. The molecule has 4 rings (SSSR count). The quantitative estimate of drug-likeness (QED) is 0.476. The first-order chi connectivity index (χ1) is 11.6. The Balaban J connectivity index is 1.76. The van der Waals surface area contributed by atoms with Gasteiger partial charge < -0.3 is 0 Å².